The van der Waals surface area contributed by atoms with Gasteiger partial charge in [-0.25, -0.2) is 8.78 Å². The third-order valence-electron chi connectivity index (χ3n) is 2.65. The molecule has 0 amide bonds. The maximum absolute atomic E-state index is 13.1. The summed E-state index contributed by atoms with van der Waals surface area (Å²) in [5, 5.41) is 3.24. The van der Waals surface area contributed by atoms with Gasteiger partial charge in [0.05, 0.1) is 0 Å². The first kappa shape index (κ1) is 13.3. The zero-order chi connectivity index (χ0) is 13.1. The Labute approximate surface area is 118 Å². The highest BCUT2D eigenvalue weighted by molar-refractivity contribution is 14.1. The summed E-state index contributed by atoms with van der Waals surface area (Å²) < 4.78 is 26.9. The van der Waals surface area contributed by atoms with Gasteiger partial charge in [0.1, 0.15) is 11.6 Å². The molecule has 0 bridgehead atoms. The topological polar surface area (TPSA) is 12.0 Å². The molecule has 0 fully saturated rings. The Morgan fingerprint density at radius 3 is 2.44 bits per heavy atom. The summed E-state index contributed by atoms with van der Waals surface area (Å²) in [5.41, 5.74) is 1.70. The van der Waals surface area contributed by atoms with Gasteiger partial charge in [-0.1, -0.05) is 12.1 Å². The Hall–Kier alpha value is -1.17. The first-order valence-corrected chi connectivity index (χ1v) is 6.61. The van der Waals surface area contributed by atoms with Gasteiger partial charge in [-0.15, -0.1) is 0 Å². The van der Waals surface area contributed by atoms with Crippen molar-refractivity contribution in [1.29, 1.82) is 0 Å². The van der Waals surface area contributed by atoms with Crippen molar-refractivity contribution in [3.05, 3.63) is 63.2 Å². The Morgan fingerprint density at radius 1 is 1.06 bits per heavy atom. The highest BCUT2D eigenvalue weighted by Gasteiger charge is 2.08. The molecule has 0 saturated heterocycles. The van der Waals surface area contributed by atoms with Gasteiger partial charge < -0.3 is 5.32 Å². The lowest BCUT2D eigenvalue weighted by atomic mass is 10.1. The first-order chi connectivity index (χ1) is 8.56. The van der Waals surface area contributed by atoms with E-state index in [0.717, 1.165) is 14.8 Å². The van der Waals surface area contributed by atoms with Gasteiger partial charge in [-0.3, -0.25) is 0 Å². The molecule has 2 rings (SSSR count). The molecular weight excluding hydrogens is 347 g/mol. The molecule has 0 radical (unpaired) electrons. The van der Waals surface area contributed by atoms with E-state index in [1.807, 2.05) is 13.0 Å². The number of benzene rings is 2. The summed E-state index contributed by atoms with van der Waals surface area (Å²) in [4.78, 5) is 0. The third kappa shape index (κ3) is 3.19. The van der Waals surface area contributed by atoms with Crippen LogP contribution >= 0.6 is 22.6 Å². The standard InChI is InChI=1S/C14H12F2IN/c1-9(10-3-2-4-11(15)7-10)18-14-6-5-12(16)8-13(14)17/h2-9,18H,1H3. The zero-order valence-electron chi connectivity index (χ0n) is 9.75. The fourth-order valence-electron chi connectivity index (χ4n) is 1.70. The molecular formula is C14H12F2IN. The smallest absolute Gasteiger partial charge is 0.124 e. The van der Waals surface area contributed by atoms with E-state index < -0.39 is 0 Å². The van der Waals surface area contributed by atoms with Crippen LogP contribution in [-0.2, 0) is 0 Å². The molecule has 0 spiro atoms. The van der Waals surface area contributed by atoms with Crippen LogP contribution in [0.5, 0.6) is 0 Å². The summed E-state index contributed by atoms with van der Waals surface area (Å²) in [6.45, 7) is 1.94. The summed E-state index contributed by atoms with van der Waals surface area (Å²) in [6, 6.07) is 11.0. The number of hydrogen-bond acceptors (Lipinski definition) is 1. The Balaban J connectivity index is 2.18. The molecule has 94 valence electrons. The fraction of sp³-hybridized carbons (Fsp3) is 0.143. The minimum absolute atomic E-state index is 0.0420. The molecule has 0 heterocycles. The Morgan fingerprint density at radius 2 is 1.78 bits per heavy atom. The summed E-state index contributed by atoms with van der Waals surface area (Å²) in [7, 11) is 0. The van der Waals surface area contributed by atoms with Gasteiger partial charge in [0, 0.05) is 15.3 Å². The molecule has 0 saturated carbocycles. The van der Waals surface area contributed by atoms with Crippen LogP contribution in [0.15, 0.2) is 42.5 Å². The molecule has 2 aromatic carbocycles. The predicted octanol–water partition coefficient (Wildman–Crippen LogP) is 4.74. The van der Waals surface area contributed by atoms with Gasteiger partial charge in [0.15, 0.2) is 0 Å². The maximum Gasteiger partial charge on any atom is 0.124 e. The van der Waals surface area contributed by atoms with E-state index in [2.05, 4.69) is 27.9 Å². The van der Waals surface area contributed by atoms with Gasteiger partial charge in [-0.2, -0.15) is 0 Å². The Bertz CT molecular complexity index is 557. The van der Waals surface area contributed by atoms with Crippen molar-refractivity contribution in [2.75, 3.05) is 5.32 Å². The fourth-order valence-corrected chi connectivity index (χ4v) is 2.33. The molecule has 0 aliphatic heterocycles. The molecule has 18 heavy (non-hydrogen) atoms. The number of nitrogens with one attached hydrogen (secondary N) is 1. The van der Waals surface area contributed by atoms with Crippen LogP contribution < -0.4 is 5.32 Å². The van der Waals surface area contributed by atoms with Crippen LogP contribution in [-0.4, -0.2) is 0 Å². The quantitative estimate of drug-likeness (QED) is 0.781. The second-order valence-electron chi connectivity index (χ2n) is 4.05. The van der Waals surface area contributed by atoms with Gasteiger partial charge in [-0.05, 0) is 65.4 Å². The first-order valence-electron chi connectivity index (χ1n) is 5.53. The predicted molar refractivity (Wildman–Crippen MR) is 77.6 cm³/mol. The average Bonchev–Trinajstić information content (AvgIpc) is 2.32. The zero-order valence-corrected chi connectivity index (χ0v) is 11.9. The van der Waals surface area contributed by atoms with Crippen molar-refractivity contribution >= 4 is 28.3 Å². The number of anilines is 1. The van der Waals surface area contributed by atoms with Crippen molar-refractivity contribution in [3.8, 4) is 0 Å². The molecule has 2 aromatic rings. The molecule has 1 unspecified atom stereocenters. The highest BCUT2D eigenvalue weighted by Crippen LogP contribution is 2.24. The van der Waals surface area contributed by atoms with E-state index in [-0.39, 0.29) is 17.7 Å². The number of halogens is 3. The molecule has 0 aliphatic rings. The lowest BCUT2D eigenvalue weighted by Crippen LogP contribution is -2.08. The van der Waals surface area contributed by atoms with Crippen LogP contribution in [0.4, 0.5) is 14.5 Å². The summed E-state index contributed by atoms with van der Waals surface area (Å²) in [6.07, 6.45) is 0. The van der Waals surface area contributed by atoms with E-state index in [1.165, 1.54) is 24.3 Å². The van der Waals surface area contributed by atoms with Crippen molar-refractivity contribution in [2.24, 2.45) is 0 Å². The minimum atomic E-state index is -0.261. The van der Waals surface area contributed by atoms with E-state index in [4.69, 9.17) is 0 Å². The van der Waals surface area contributed by atoms with E-state index in [1.54, 1.807) is 12.1 Å². The van der Waals surface area contributed by atoms with Gasteiger partial charge in [0.25, 0.3) is 0 Å². The molecule has 1 nitrogen and oxygen atoms in total. The second kappa shape index (κ2) is 5.65. The summed E-state index contributed by atoms with van der Waals surface area (Å²) >= 11 is 2.07. The minimum Gasteiger partial charge on any atom is -0.378 e. The van der Waals surface area contributed by atoms with Crippen LogP contribution in [0.25, 0.3) is 0 Å². The third-order valence-corrected chi connectivity index (χ3v) is 3.54. The SMILES string of the molecule is CC(Nc1ccc(F)cc1I)c1cccc(F)c1. The maximum atomic E-state index is 13.1. The molecule has 4 heteroatoms. The van der Waals surface area contributed by atoms with E-state index in [9.17, 15) is 8.78 Å². The van der Waals surface area contributed by atoms with Crippen molar-refractivity contribution < 1.29 is 8.78 Å². The molecule has 0 aliphatic carbocycles. The van der Waals surface area contributed by atoms with Crippen molar-refractivity contribution in [1.82, 2.24) is 0 Å². The molecule has 0 aromatic heterocycles. The van der Waals surface area contributed by atoms with Crippen molar-refractivity contribution in [3.63, 3.8) is 0 Å². The lowest BCUT2D eigenvalue weighted by Gasteiger charge is -2.17. The van der Waals surface area contributed by atoms with E-state index >= 15 is 0 Å². The summed E-state index contributed by atoms with van der Waals surface area (Å²) in [5.74, 6) is -0.515. The Kier molecular flexibility index (Phi) is 4.16. The number of rotatable bonds is 3. The average molecular weight is 359 g/mol. The highest BCUT2D eigenvalue weighted by atomic mass is 127. The molecule has 1 N–H and O–H groups in total. The van der Waals surface area contributed by atoms with Crippen LogP contribution in [0, 0.1) is 15.2 Å². The van der Waals surface area contributed by atoms with Crippen LogP contribution in [0.3, 0.4) is 0 Å². The van der Waals surface area contributed by atoms with Crippen LogP contribution in [0.1, 0.15) is 18.5 Å². The van der Waals surface area contributed by atoms with E-state index in [0.29, 0.717) is 0 Å². The lowest BCUT2D eigenvalue weighted by molar-refractivity contribution is 0.623. The largest absolute Gasteiger partial charge is 0.378 e. The second-order valence-corrected chi connectivity index (χ2v) is 5.21. The van der Waals surface area contributed by atoms with Crippen molar-refractivity contribution in [2.45, 2.75) is 13.0 Å². The monoisotopic (exact) mass is 359 g/mol. The van der Waals surface area contributed by atoms with Gasteiger partial charge in [0.2, 0.25) is 0 Å². The normalized spacial score (nSPS) is 12.2. The van der Waals surface area contributed by atoms with Gasteiger partial charge >= 0.3 is 0 Å². The number of hydrogen-bond donors (Lipinski definition) is 1. The van der Waals surface area contributed by atoms with Crippen LogP contribution in [0.2, 0.25) is 0 Å². The molecule has 1 atom stereocenters.